The maximum Gasteiger partial charge on any atom is 0.276 e. The minimum Gasteiger partial charge on any atom is -0.328 e. The van der Waals surface area contributed by atoms with Gasteiger partial charge in [0.05, 0.1) is 6.54 Å². The maximum atomic E-state index is 13.7. The summed E-state index contributed by atoms with van der Waals surface area (Å²) in [6, 6.07) is 15.8. The summed E-state index contributed by atoms with van der Waals surface area (Å²) in [5.41, 5.74) is 1.72. The third kappa shape index (κ3) is 2.89. The topological polar surface area (TPSA) is 32.3 Å². The van der Waals surface area contributed by atoms with Crippen molar-refractivity contribution in [2.75, 3.05) is 0 Å². The Labute approximate surface area is 133 Å². The highest BCUT2D eigenvalue weighted by Crippen LogP contribution is 2.18. The number of nitrogens with one attached hydrogen (secondary N) is 1. The second-order valence-corrected chi connectivity index (χ2v) is 5.27. The molecule has 1 saturated heterocycles. The van der Waals surface area contributed by atoms with Crippen LogP contribution in [0.4, 0.5) is 4.39 Å². The number of carbonyl (C=O) groups is 1. The number of hydrogen-bond acceptors (Lipinski definition) is 2. The largest absolute Gasteiger partial charge is 0.328 e. The Balaban J connectivity index is 1.83. The van der Waals surface area contributed by atoms with E-state index in [1.807, 2.05) is 30.3 Å². The van der Waals surface area contributed by atoms with E-state index in [-0.39, 0.29) is 23.4 Å². The molecule has 3 nitrogen and oxygen atoms in total. The predicted octanol–water partition coefficient (Wildman–Crippen LogP) is 3.08. The lowest BCUT2D eigenvalue weighted by molar-refractivity contribution is -0.122. The summed E-state index contributed by atoms with van der Waals surface area (Å²) in [5, 5.41) is 3.18. The van der Waals surface area contributed by atoms with Crippen LogP contribution in [0.2, 0.25) is 0 Å². The van der Waals surface area contributed by atoms with Gasteiger partial charge in [0.1, 0.15) is 11.5 Å². The number of carbonyl (C=O) groups excluding carboxylic acids is 1. The number of nitrogens with zero attached hydrogens (tertiary/aromatic N) is 1. The Bertz CT molecular complexity index is 758. The molecule has 0 atom stereocenters. The molecule has 3 rings (SSSR count). The zero-order chi connectivity index (χ0) is 15.5. The quantitative estimate of drug-likeness (QED) is 0.698. The van der Waals surface area contributed by atoms with Gasteiger partial charge in [0.15, 0.2) is 5.11 Å². The van der Waals surface area contributed by atoms with E-state index in [4.69, 9.17) is 12.2 Å². The summed E-state index contributed by atoms with van der Waals surface area (Å²) >= 11 is 5.18. The van der Waals surface area contributed by atoms with Gasteiger partial charge in [-0.2, -0.15) is 0 Å². The lowest BCUT2D eigenvalue weighted by atomic mass is 10.2. The second-order valence-electron chi connectivity index (χ2n) is 4.88. The SMILES string of the molecule is O=C1/C(=C/c2ccccc2)NC(=S)N1Cc1ccccc1F. The predicted molar refractivity (Wildman–Crippen MR) is 87.1 cm³/mol. The molecule has 2 aromatic rings. The van der Waals surface area contributed by atoms with E-state index in [1.54, 1.807) is 24.3 Å². The van der Waals surface area contributed by atoms with E-state index >= 15 is 0 Å². The Morgan fingerprint density at radius 2 is 1.77 bits per heavy atom. The van der Waals surface area contributed by atoms with Crippen molar-refractivity contribution >= 4 is 29.3 Å². The molecule has 0 bridgehead atoms. The maximum absolute atomic E-state index is 13.7. The molecule has 5 heteroatoms. The van der Waals surface area contributed by atoms with Crippen LogP contribution in [-0.2, 0) is 11.3 Å². The lowest BCUT2D eigenvalue weighted by Gasteiger charge is -2.14. The van der Waals surface area contributed by atoms with Crippen LogP contribution in [0.5, 0.6) is 0 Å². The molecule has 0 spiro atoms. The number of amides is 1. The fraction of sp³-hybridized carbons (Fsp3) is 0.0588. The molecule has 0 aliphatic carbocycles. The van der Waals surface area contributed by atoms with Crippen LogP contribution in [0.25, 0.3) is 6.08 Å². The Morgan fingerprint density at radius 1 is 1.09 bits per heavy atom. The zero-order valence-corrected chi connectivity index (χ0v) is 12.4. The molecule has 1 aliphatic rings. The third-order valence-corrected chi connectivity index (χ3v) is 3.68. The van der Waals surface area contributed by atoms with Crippen LogP contribution in [0.1, 0.15) is 11.1 Å². The van der Waals surface area contributed by atoms with E-state index in [2.05, 4.69) is 5.32 Å². The average Bonchev–Trinajstić information content (AvgIpc) is 2.78. The first-order valence-electron chi connectivity index (χ1n) is 6.78. The first-order chi connectivity index (χ1) is 10.6. The van der Waals surface area contributed by atoms with Gasteiger partial charge in [-0.3, -0.25) is 9.69 Å². The average molecular weight is 312 g/mol. The molecular weight excluding hydrogens is 299 g/mol. The Hall–Kier alpha value is -2.53. The molecule has 1 amide bonds. The van der Waals surface area contributed by atoms with Gasteiger partial charge < -0.3 is 5.32 Å². The van der Waals surface area contributed by atoms with Gasteiger partial charge in [-0.1, -0.05) is 48.5 Å². The van der Waals surface area contributed by atoms with Gasteiger partial charge in [-0.15, -0.1) is 0 Å². The second kappa shape index (κ2) is 6.07. The molecule has 1 fully saturated rings. The van der Waals surface area contributed by atoms with Crippen LogP contribution < -0.4 is 5.32 Å². The molecule has 1 aliphatic heterocycles. The summed E-state index contributed by atoms with van der Waals surface area (Å²) in [6.45, 7) is 0.115. The first kappa shape index (κ1) is 14.4. The van der Waals surface area contributed by atoms with Crippen LogP contribution in [0.3, 0.4) is 0 Å². The van der Waals surface area contributed by atoms with Crippen molar-refractivity contribution < 1.29 is 9.18 Å². The molecule has 1 heterocycles. The molecule has 2 aromatic carbocycles. The molecule has 22 heavy (non-hydrogen) atoms. The molecular formula is C17H13FN2OS. The van der Waals surface area contributed by atoms with E-state index < -0.39 is 0 Å². The van der Waals surface area contributed by atoms with Crippen LogP contribution in [-0.4, -0.2) is 15.9 Å². The Morgan fingerprint density at radius 3 is 2.50 bits per heavy atom. The highest BCUT2D eigenvalue weighted by Gasteiger charge is 2.31. The van der Waals surface area contributed by atoms with Gasteiger partial charge in [-0.25, -0.2) is 4.39 Å². The molecule has 0 saturated carbocycles. The van der Waals surface area contributed by atoms with Crippen molar-refractivity contribution in [3.05, 3.63) is 77.2 Å². The van der Waals surface area contributed by atoms with Crippen molar-refractivity contribution in [3.63, 3.8) is 0 Å². The van der Waals surface area contributed by atoms with Crippen molar-refractivity contribution in [1.82, 2.24) is 10.2 Å². The number of rotatable bonds is 3. The fourth-order valence-electron chi connectivity index (χ4n) is 2.23. The highest BCUT2D eigenvalue weighted by molar-refractivity contribution is 7.80. The van der Waals surface area contributed by atoms with Gasteiger partial charge in [0.25, 0.3) is 5.91 Å². The highest BCUT2D eigenvalue weighted by atomic mass is 32.1. The summed E-state index contributed by atoms with van der Waals surface area (Å²) in [7, 11) is 0. The van der Waals surface area contributed by atoms with Crippen molar-refractivity contribution in [2.24, 2.45) is 0 Å². The zero-order valence-electron chi connectivity index (χ0n) is 11.6. The van der Waals surface area contributed by atoms with Gasteiger partial charge >= 0.3 is 0 Å². The number of hydrogen-bond donors (Lipinski definition) is 1. The summed E-state index contributed by atoms with van der Waals surface area (Å²) in [4.78, 5) is 13.8. The van der Waals surface area contributed by atoms with Crippen molar-refractivity contribution in [2.45, 2.75) is 6.54 Å². The molecule has 110 valence electrons. The Kier molecular flexibility index (Phi) is 3.98. The van der Waals surface area contributed by atoms with E-state index in [0.717, 1.165) is 5.56 Å². The molecule has 0 radical (unpaired) electrons. The monoisotopic (exact) mass is 312 g/mol. The van der Waals surface area contributed by atoms with Crippen LogP contribution >= 0.6 is 12.2 Å². The number of thiocarbonyl (C=S) groups is 1. The van der Waals surface area contributed by atoms with Crippen molar-refractivity contribution in [3.8, 4) is 0 Å². The van der Waals surface area contributed by atoms with E-state index in [9.17, 15) is 9.18 Å². The normalized spacial score (nSPS) is 16.2. The first-order valence-corrected chi connectivity index (χ1v) is 7.19. The summed E-state index contributed by atoms with van der Waals surface area (Å²) in [5.74, 6) is -0.601. The fourth-order valence-corrected chi connectivity index (χ4v) is 2.49. The smallest absolute Gasteiger partial charge is 0.276 e. The summed E-state index contributed by atoms with van der Waals surface area (Å²) in [6.07, 6.45) is 1.73. The molecule has 1 N–H and O–H groups in total. The summed E-state index contributed by atoms with van der Waals surface area (Å²) < 4.78 is 13.7. The van der Waals surface area contributed by atoms with Crippen molar-refractivity contribution in [1.29, 1.82) is 0 Å². The number of halogens is 1. The van der Waals surface area contributed by atoms with Gasteiger partial charge in [0, 0.05) is 5.56 Å². The van der Waals surface area contributed by atoms with Gasteiger partial charge in [0.2, 0.25) is 0 Å². The molecule has 0 aromatic heterocycles. The standard InChI is InChI=1S/C17H13FN2OS/c18-14-9-5-4-8-13(14)11-20-16(21)15(19-17(20)22)10-12-6-2-1-3-7-12/h1-10H,11H2,(H,19,22)/b15-10-. The van der Waals surface area contributed by atoms with Crippen LogP contribution in [0.15, 0.2) is 60.3 Å². The third-order valence-electron chi connectivity index (χ3n) is 3.36. The molecule has 0 unspecified atom stereocenters. The van der Waals surface area contributed by atoms with E-state index in [0.29, 0.717) is 11.3 Å². The lowest BCUT2D eigenvalue weighted by Crippen LogP contribution is -2.30. The minimum atomic E-state index is -0.349. The minimum absolute atomic E-state index is 0.115. The van der Waals surface area contributed by atoms with Crippen LogP contribution in [0, 0.1) is 5.82 Å². The van der Waals surface area contributed by atoms with E-state index in [1.165, 1.54) is 11.0 Å². The van der Waals surface area contributed by atoms with Gasteiger partial charge in [-0.05, 0) is 29.9 Å². The number of benzene rings is 2.